The van der Waals surface area contributed by atoms with Crippen molar-refractivity contribution in [1.82, 2.24) is 4.31 Å². The first kappa shape index (κ1) is 16.6. The first-order valence-electron chi connectivity index (χ1n) is 6.39. The molecule has 110 valence electrons. The Balaban J connectivity index is 2.99. The lowest BCUT2D eigenvalue weighted by Crippen LogP contribution is -2.33. The second-order valence-electron chi connectivity index (χ2n) is 4.56. The Morgan fingerprint density at radius 3 is 2.40 bits per heavy atom. The van der Waals surface area contributed by atoms with Gasteiger partial charge in [-0.25, -0.2) is 12.8 Å². The minimum absolute atomic E-state index is 0.00222. The van der Waals surface area contributed by atoms with Crippen LogP contribution in [-0.2, 0) is 10.0 Å². The summed E-state index contributed by atoms with van der Waals surface area (Å²) in [5.41, 5.74) is 0.985. The van der Waals surface area contributed by atoms with E-state index in [1.165, 1.54) is 4.31 Å². The molecule has 0 N–H and O–H groups in total. The van der Waals surface area contributed by atoms with Gasteiger partial charge in [0.1, 0.15) is 0 Å². The van der Waals surface area contributed by atoms with Gasteiger partial charge in [-0.2, -0.15) is 4.31 Å². The number of aryl methyl sites for hydroxylation is 1. The maximum atomic E-state index is 12.8. The van der Waals surface area contributed by atoms with Crippen LogP contribution in [-0.4, -0.2) is 25.8 Å². The molecule has 0 unspecified atom stereocenters. The van der Waals surface area contributed by atoms with Gasteiger partial charge in [0, 0.05) is 19.5 Å². The third kappa shape index (κ3) is 4.58. The molecule has 0 heterocycles. The Labute approximate surface area is 120 Å². The van der Waals surface area contributed by atoms with Crippen molar-refractivity contribution in [2.75, 3.05) is 13.1 Å². The number of hydrogen-bond acceptors (Lipinski definition) is 2. The maximum absolute atomic E-state index is 12.8. The van der Waals surface area contributed by atoms with Crippen LogP contribution in [0.15, 0.2) is 54.2 Å². The highest BCUT2D eigenvalue weighted by atomic mass is 32.2. The fraction of sp³-hybridized carbons (Fsp3) is 0.333. The average molecular weight is 297 g/mol. The van der Waals surface area contributed by atoms with Gasteiger partial charge in [-0.05, 0) is 25.5 Å². The van der Waals surface area contributed by atoms with Gasteiger partial charge >= 0.3 is 0 Å². The van der Waals surface area contributed by atoms with Crippen LogP contribution in [0.25, 0.3) is 0 Å². The van der Waals surface area contributed by atoms with Crippen molar-refractivity contribution in [3.63, 3.8) is 0 Å². The molecule has 1 rings (SSSR count). The third-order valence-electron chi connectivity index (χ3n) is 2.87. The van der Waals surface area contributed by atoms with E-state index in [1.54, 1.807) is 30.3 Å². The van der Waals surface area contributed by atoms with Gasteiger partial charge in [0.2, 0.25) is 10.0 Å². The van der Waals surface area contributed by atoms with Crippen molar-refractivity contribution in [2.24, 2.45) is 0 Å². The SMILES string of the molecule is C=CCCN(CCC(=C)F)S(=O)(=O)c1ccc(C)cc1. The smallest absolute Gasteiger partial charge is 0.212 e. The minimum Gasteiger partial charge on any atom is -0.212 e. The Hall–Kier alpha value is -1.46. The molecule has 0 spiro atoms. The summed E-state index contributed by atoms with van der Waals surface area (Å²) < 4.78 is 39.1. The summed E-state index contributed by atoms with van der Waals surface area (Å²) in [6.07, 6.45) is 2.16. The molecule has 0 saturated carbocycles. The van der Waals surface area contributed by atoms with Crippen LogP contribution in [0.4, 0.5) is 4.39 Å². The summed E-state index contributed by atoms with van der Waals surface area (Å²) in [6.45, 7) is 9.00. The second-order valence-corrected chi connectivity index (χ2v) is 6.50. The van der Waals surface area contributed by atoms with E-state index in [1.807, 2.05) is 6.92 Å². The lowest BCUT2D eigenvalue weighted by atomic mass is 10.2. The van der Waals surface area contributed by atoms with Crippen molar-refractivity contribution < 1.29 is 12.8 Å². The van der Waals surface area contributed by atoms with E-state index in [0.29, 0.717) is 6.42 Å². The minimum atomic E-state index is -3.61. The van der Waals surface area contributed by atoms with Gasteiger partial charge in [-0.1, -0.05) is 30.4 Å². The number of rotatable bonds is 8. The van der Waals surface area contributed by atoms with Crippen LogP contribution in [0.3, 0.4) is 0 Å². The van der Waals surface area contributed by atoms with Gasteiger partial charge in [0.15, 0.2) is 0 Å². The summed E-state index contributed by atoms with van der Waals surface area (Å²) in [4.78, 5) is 0.219. The molecule has 0 fully saturated rings. The first-order valence-corrected chi connectivity index (χ1v) is 7.83. The zero-order valence-electron chi connectivity index (χ0n) is 11.7. The maximum Gasteiger partial charge on any atom is 0.243 e. The zero-order valence-corrected chi connectivity index (χ0v) is 12.5. The number of halogens is 1. The van der Waals surface area contributed by atoms with Crippen molar-refractivity contribution in [3.05, 3.63) is 54.9 Å². The summed E-state index contributed by atoms with van der Waals surface area (Å²) in [5, 5.41) is 0. The summed E-state index contributed by atoms with van der Waals surface area (Å²) in [7, 11) is -3.61. The van der Waals surface area contributed by atoms with Crippen molar-refractivity contribution in [3.8, 4) is 0 Å². The number of benzene rings is 1. The van der Waals surface area contributed by atoms with E-state index in [-0.39, 0.29) is 24.4 Å². The lowest BCUT2D eigenvalue weighted by Gasteiger charge is -2.21. The first-order chi connectivity index (χ1) is 9.37. The molecule has 0 aromatic heterocycles. The van der Waals surface area contributed by atoms with Gasteiger partial charge in [0.05, 0.1) is 10.7 Å². The van der Waals surface area contributed by atoms with E-state index < -0.39 is 15.9 Å². The van der Waals surface area contributed by atoms with E-state index in [9.17, 15) is 12.8 Å². The van der Waals surface area contributed by atoms with Crippen LogP contribution in [0.2, 0.25) is 0 Å². The molecule has 0 aliphatic carbocycles. The number of sulfonamides is 1. The Bertz CT molecular complexity index is 564. The zero-order chi connectivity index (χ0) is 15.2. The number of hydrogen-bond donors (Lipinski definition) is 0. The molecule has 0 atom stereocenters. The van der Waals surface area contributed by atoms with Gasteiger partial charge in [-0.15, -0.1) is 6.58 Å². The molecular formula is C15H20FNO2S. The highest BCUT2D eigenvalue weighted by molar-refractivity contribution is 7.89. The largest absolute Gasteiger partial charge is 0.243 e. The summed E-state index contributed by atoms with van der Waals surface area (Å²) in [5.74, 6) is -0.521. The van der Waals surface area contributed by atoms with E-state index in [2.05, 4.69) is 13.2 Å². The standard InChI is InChI=1S/C15H20FNO2S/c1-4-5-11-17(12-10-14(3)16)20(18,19)15-8-6-13(2)7-9-15/h4,6-9H,1,3,5,10-12H2,2H3. The predicted octanol–water partition coefficient (Wildman–Crippen LogP) is 3.44. The van der Waals surface area contributed by atoms with Crippen LogP contribution >= 0.6 is 0 Å². The molecule has 0 amide bonds. The van der Waals surface area contributed by atoms with Crippen molar-refractivity contribution in [1.29, 1.82) is 0 Å². The molecule has 0 aliphatic rings. The topological polar surface area (TPSA) is 37.4 Å². The van der Waals surface area contributed by atoms with Crippen molar-refractivity contribution >= 4 is 10.0 Å². The average Bonchev–Trinajstić information content (AvgIpc) is 2.38. The van der Waals surface area contributed by atoms with E-state index in [4.69, 9.17) is 0 Å². The third-order valence-corrected chi connectivity index (χ3v) is 4.79. The highest BCUT2D eigenvalue weighted by Crippen LogP contribution is 2.18. The van der Waals surface area contributed by atoms with E-state index in [0.717, 1.165) is 5.56 Å². The Kier molecular flexibility index (Phi) is 6.10. The second kappa shape index (κ2) is 7.36. The van der Waals surface area contributed by atoms with Crippen molar-refractivity contribution in [2.45, 2.75) is 24.7 Å². The number of nitrogens with zero attached hydrogens (tertiary/aromatic N) is 1. The fourth-order valence-electron chi connectivity index (χ4n) is 1.69. The molecule has 0 bridgehead atoms. The van der Waals surface area contributed by atoms with Gasteiger partial charge in [-0.3, -0.25) is 0 Å². The van der Waals surface area contributed by atoms with Gasteiger partial charge < -0.3 is 0 Å². The quantitative estimate of drug-likeness (QED) is 0.689. The van der Waals surface area contributed by atoms with Crippen LogP contribution in [0.5, 0.6) is 0 Å². The summed E-state index contributed by atoms with van der Waals surface area (Å²) in [6, 6.07) is 6.62. The van der Waals surface area contributed by atoms with Crippen LogP contribution < -0.4 is 0 Å². The molecule has 1 aromatic rings. The Morgan fingerprint density at radius 2 is 1.90 bits per heavy atom. The monoisotopic (exact) mass is 297 g/mol. The molecule has 0 saturated heterocycles. The van der Waals surface area contributed by atoms with E-state index >= 15 is 0 Å². The molecule has 1 aromatic carbocycles. The summed E-state index contributed by atoms with van der Waals surface area (Å²) >= 11 is 0. The predicted molar refractivity (Wildman–Crippen MR) is 79.6 cm³/mol. The van der Waals surface area contributed by atoms with Crippen LogP contribution in [0.1, 0.15) is 18.4 Å². The fourth-order valence-corrected chi connectivity index (χ4v) is 3.15. The molecular weight excluding hydrogens is 277 g/mol. The lowest BCUT2D eigenvalue weighted by molar-refractivity contribution is 0.406. The van der Waals surface area contributed by atoms with Crippen LogP contribution in [0, 0.1) is 6.92 Å². The molecule has 3 nitrogen and oxygen atoms in total. The molecule has 5 heteroatoms. The normalized spacial score (nSPS) is 11.6. The highest BCUT2D eigenvalue weighted by Gasteiger charge is 2.23. The molecule has 20 heavy (non-hydrogen) atoms. The van der Waals surface area contributed by atoms with Gasteiger partial charge in [0.25, 0.3) is 0 Å². The molecule has 0 aliphatic heterocycles. The molecule has 0 radical (unpaired) electrons. The Morgan fingerprint density at radius 1 is 1.30 bits per heavy atom.